The third-order valence-corrected chi connectivity index (χ3v) is 4.37. The maximum Gasteiger partial charge on any atom is 0.223 e. The molecule has 1 aromatic rings. The van der Waals surface area contributed by atoms with Gasteiger partial charge in [0.25, 0.3) is 0 Å². The van der Waals surface area contributed by atoms with E-state index in [1.54, 1.807) is 0 Å². The van der Waals surface area contributed by atoms with Gasteiger partial charge in [0.05, 0.1) is 6.10 Å². The SMILES string of the molecule is O=C(NCC(O)C1CC1)C1CCc2ccccc2C1. The molecule has 2 atom stereocenters. The number of hydrogen-bond donors (Lipinski definition) is 2. The van der Waals surface area contributed by atoms with E-state index in [-0.39, 0.29) is 17.9 Å². The van der Waals surface area contributed by atoms with Crippen molar-refractivity contribution in [1.82, 2.24) is 5.32 Å². The van der Waals surface area contributed by atoms with Crippen molar-refractivity contribution in [3.05, 3.63) is 35.4 Å². The van der Waals surface area contributed by atoms with Crippen LogP contribution in [-0.2, 0) is 17.6 Å². The zero-order valence-electron chi connectivity index (χ0n) is 11.1. The molecule has 0 spiro atoms. The Morgan fingerprint density at radius 1 is 1.26 bits per heavy atom. The number of hydrogen-bond acceptors (Lipinski definition) is 2. The number of carbonyl (C=O) groups is 1. The first-order valence-electron chi connectivity index (χ1n) is 7.26. The molecule has 3 nitrogen and oxygen atoms in total. The number of aryl methyl sites for hydroxylation is 1. The Kier molecular flexibility index (Phi) is 3.56. The van der Waals surface area contributed by atoms with Crippen molar-refractivity contribution in [2.45, 2.75) is 38.2 Å². The maximum atomic E-state index is 12.1. The van der Waals surface area contributed by atoms with Crippen LogP contribution in [0.3, 0.4) is 0 Å². The topological polar surface area (TPSA) is 49.3 Å². The number of amides is 1. The molecule has 2 N–H and O–H groups in total. The van der Waals surface area contributed by atoms with E-state index in [4.69, 9.17) is 0 Å². The van der Waals surface area contributed by atoms with Crippen molar-refractivity contribution >= 4 is 5.91 Å². The number of nitrogens with one attached hydrogen (secondary N) is 1. The van der Waals surface area contributed by atoms with Crippen molar-refractivity contribution in [1.29, 1.82) is 0 Å². The molecule has 0 aliphatic heterocycles. The molecule has 0 bridgehead atoms. The molecular formula is C16H21NO2. The number of carbonyl (C=O) groups excluding carboxylic acids is 1. The lowest BCUT2D eigenvalue weighted by molar-refractivity contribution is -0.125. The summed E-state index contributed by atoms with van der Waals surface area (Å²) in [5, 5.41) is 12.7. The molecule has 1 amide bonds. The van der Waals surface area contributed by atoms with Crippen LogP contribution in [0, 0.1) is 11.8 Å². The quantitative estimate of drug-likeness (QED) is 0.864. The minimum atomic E-state index is -0.347. The van der Waals surface area contributed by atoms with Crippen molar-refractivity contribution < 1.29 is 9.90 Å². The van der Waals surface area contributed by atoms with Gasteiger partial charge in [0, 0.05) is 12.5 Å². The third-order valence-electron chi connectivity index (χ3n) is 4.37. The Labute approximate surface area is 114 Å². The lowest BCUT2D eigenvalue weighted by Crippen LogP contribution is -2.39. The number of rotatable bonds is 4. The van der Waals surface area contributed by atoms with Gasteiger partial charge >= 0.3 is 0 Å². The van der Waals surface area contributed by atoms with Crippen molar-refractivity contribution in [2.24, 2.45) is 11.8 Å². The van der Waals surface area contributed by atoms with E-state index < -0.39 is 0 Å². The van der Waals surface area contributed by atoms with Crippen LogP contribution in [0.2, 0.25) is 0 Å². The van der Waals surface area contributed by atoms with Crippen LogP contribution < -0.4 is 5.32 Å². The monoisotopic (exact) mass is 259 g/mol. The van der Waals surface area contributed by atoms with E-state index in [1.165, 1.54) is 11.1 Å². The smallest absolute Gasteiger partial charge is 0.223 e. The number of fused-ring (bicyclic) bond motifs is 1. The van der Waals surface area contributed by atoms with Crippen LogP contribution >= 0.6 is 0 Å². The second kappa shape index (κ2) is 5.33. The first kappa shape index (κ1) is 12.7. The average molecular weight is 259 g/mol. The molecule has 102 valence electrons. The number of aliphatic hydroxyl groups excluding tert-OH is 1. The van der Waals surface area contributed by atoms with Crippen molar-refractivity contribution in [3.63, 3.8) is 0 Å². The summed E-state index contributed by atoms with van der Waals surface area (Å²) >= 11 is 0. The highest BCUT2D eigenvalue weighted by molar-refractivity contribution is 5.79. The van der Waals surface area contributed by atoms with Gasteiger partial charge in [0.1, 0.15) is 0 Å². The van der Waals surface area contributed by atoms with Crippen molar-refractivity contribution in [3.8, 4) is 0 Å². The largest absolute Gasteiger partial charge is 0.391 e. The summed E-state index contributed by atoms with van der Waals surface area (Å²) in [4.78, 5) is 12.1. The van der Waals surface area contributed by atoms with E-state index in [0.29, 0.717) is 12.5 Å². The molecule has 3 rings (SSSR count). The standard InChI is InChI=1S/C16H21NO2/c18-15(12-6-7-12)10-17-16(19)14-8-5-11-3-1-2-4-13(11)9-14/h1-4,12,14-15,18H,5-10H2,(H,17,19). The molecule has 2 aliphatic carbocycles. The van der Waals surface area contributed by atoms with Crippen LogP contribution in [-0.4, -0.2) is 23.7 Å². The molecule has 1 saturated carbocycles. The van der Waals surface area contributed by atoms with Crippen LogP contribution in [0.4, 0.5) is 0 Å². The molecule has 1 fully saturated rings. The van der Waals surface area contributed by atoms with Crippen LogP contribution in [0.5, 0.6) is 0 Å². The fraction of sp³-hybridized carbons (Fsp3) is 0.562. The molecule has 1 aromatic carbocycles. The van der Waals surface area contributed by atoms with Gasteiger partial charge in [-0.15, -0.1) is 0 Å². The zero-order valence-corrected chi connectivity index (χ0v) is 11.1. The van der Waals surface area contributed by atoms with Gasteiger partial charge in [-0.3, -0.25) is 4.79 Å². The minimum absolute atomic E-state index is 0.0707. The van der Waals surface area contributed by atoms with Crippen LogP contribution in [0.1, 0.15) is 30.4 Å². The van der Waals surface area contributed by atoms with E-state index in [0.717, 1.165) is 32.1 Å². The molecular weight excluding hydrogens is 238 g/mol. The normalized spacial score (nSPS) is 23.5. The highest BCUT2D eigenvalue weighted by Crippen LogP contribution is 2.32. The van der Waals surface area contributed by atoms with E-state index in [1.807, 2.05) is 6.07 Å². The molecule has 0 saturated heterocycles. The summed E-state index contributed by atoms with van der Waals surface area (Å²) in [6.07, 6.45) is 4.60. The fourth-order valence-electron chi connectivity index (χ4n) is 2.92. The first-order chi connectivity index (χ1) is 9.24. The first-order valence-corrected chi connectivity index (χ1v) is 7.26. The molecule has 0 radical (unpaired) electrons. The number of aliphatic hydroxyl groups is 1. The average Bonchev–Trinajstić information content (AvgIpc) is 3.28. The van der Waals surface area contributed by atoms with Gasteiger partial charge < -0.3 is 10.4 Å². The maximum absolute atomic E-state index is 12.1. The van der Waals surface area contributed by atoms with Crippen LogP contribution in [0.15, 0.2) is 24.3 Å². The molecule has 2 unspecified atom stereocenters. The Hall–Kier alpha value is -1.35. The summed E-state index contributed by atoms with van der Waals surface area (Å²) in [7, 11) is 0. The fourth-order valence-corrected chi connectivity index (χ4v) is 2.92. The minimum Gasteiger partial charge on any atom is -0.391 e. The summed E-state index contributed by atoms with van der Waals surface area (Å²) in [6, 6.07) is 8.37. The third kappa shape index (κ3) is 2.98. The second-order valence-corrected chi connectivity index (χ2v) is 5.86. The molecule has 0 aromatic heterocycles. The van der Waals surface area contributed by atoms with Gasteiger partial charge in [-0.2, -0.15) is 0 Å². The van der Waals surface area contributed by atoms with Crippen molar-refractivity contribution in [2.75, 3.05) is 6.54 Å². The second-order valence-electron chi connectivity index (χ2n) is 5.86. The van der Waals surface area contributed by atoms with E-state index in [2.05, 4.69) is 23.5 Å². The summed E-state index contributed by atoms with van der Waals surface area (Å²) in [5.74, 6) is 0.600. The highest BCUT2D eigenvalue weighted by Gasteiger charge is 2.31. The lowest BCUT2D eigenvalue weighted by Gasteiger charge is -2.24. The molecule has 3 heteroatoms. The van der Waals surface area contributed by atoms with Gasteiger partial charge in [0.15, 0.2) is 0 Å². The Balaban J connectivity index is 1.53. The van der Waals surface area contributed by atoms with Gasteiger partial charge in [-0.25, -0.2) is 0 Å². The predicted octanol–water partition coefficient (Wildman–Crippen LogP) is 1.68. The molecule has 2 aliphatic rings. The van der Waals surface area contributed by atoms with Gasteiger partial charge in [-0.05, 0) is 49.1 Å². The Morgan fingerprint density at radius 2 is 2.00 bits per heavy atom. The number of benzene rings is 1. The molecule has 0 heterocycles. The van der Waals surface area contributed by atoms with Crippen LogP contribution in [0.25, 0.3) is 0 Å². The van der Waals surface area contributed by atoms with Gasteiger partial charge in [0.2, 0.25) is 5.91 Å². The highest BCUT2D eigenvalue weighted by atomic mass is 16.3. The predicted molar refractivity (Wildman–Crippen MR) is 73.7 cm³/mol. The summed E-state index contributed by atoms with van der Waals surface area (Å²) < 4.78 is 0. The Morgan fingerprint density at radius 3 is 2.74 bits per heavy atom. The zero-order chi connectivity index (χ0) is 13.2. The summed E-state index contributed by atoms with van der Waals surface area (Å²) in [5.41, 5.74) is 2.68. The lowest BCUT2D eigenvalue weighted by atomic mass is 9.83. The Bertz CT molecular complexity index is 468. The summed E-state index contributed by atoms with van der Waals surface area (Å²) in [6.45, 7) is 0.418. The van der Waals surface area contributed by atoms with E-state index >= 15 is 0 Å². The van der Waals surface area contributed by atoms with E-state index in [9.17, 15) is 9.90 Å². The van der Waals surface area contributed by atoms with Gasteiger partial charge in [-0.1, -0.05) is 24.3 Å². The molecule has 19 heavy (non-hydrogen) atoms.